The van der Waals surface area contributed by atoms with Crippen LogP contribution in [0, 0.1) is 6.92 Å². The van der Waals surface area contributed by atoms with Crippen molar-refractivity contribution in [1.82, 2.24) is 15.2 Å². The number of amides is 1. The second-order valence-electron chi connectivity index (χ2n) is 3.85. The number of fused-ring (bicyclic) bond motifs is 1. The zero-order valence-corrected chi connectivity index (χ0v) is 10.4. The van der Waals surface area contributed by atoms with Gasteiger partial charge in [-0.15, -0.1) is 11.3 Å². The lowest BCUT2D eigenvalue weighted by Gasteiger charge is -2.03. The number of para-hydroxylation sites is 1. The Kier molecular flexibility index (Phi) is 2.56. The topological polar surface area (TPSA) is 70.7 Å². The molecule has 0 fully saturated rings. The van der Waals surface area contributed by atoms with Gasteiger partial charge in [-0.2, -0.15) is 5.10 Å². The van der Waals surface area contributed by atoms with E-state index in [0.29, 0.717) is 11.4 Å². The van der Waals surface area contributed by atoms with Crippen molar-refractivity contribution < 1.29 is 4.79 Å². The number of benzene rings is 1. The molecule has 5 nitrogen and oxygen atoms in total. The van der Waals surface area contributed by atoms with Crippen LogP contribution >= 0.6 is 11.3 Å². The number of aromatic amines is 1. The van der Waals surface area contributed by atoms with Crippen molar-refractivity contribution in [3.8, 4) is 0 Å². The molecule has 1 aromatic carbocycles. The monoisotopic (exact) mass is 258 g/mol. The first kappa shape index (κ1) is 10.9. The van der Waals surface area contributed by atoms with E-state index in [1.165, 1.54) is 11.3 Å². The van der Waals surface area contributed by atoms with Gasteiger partial charge in [-0.05, 0) is 13.0 Å². The van der Waals surface area contributed by atoms with Crippen LogP contribution in [0.3, 0.4) is 0 Å². The van der Waals surface area contributed by atoms with E-state index in [9.17, 15) is 4.79 Å². The van der Waals surface area contributed by atoms with Crippen LogP contribution in [-0.4, -0.2) is 21.1 Å². The van der Waals surface area contributed by atoms with Crippen molar-refractivity contribution in [2.24, 2.45) is 0 Å². The fourth-order valence-corrected chi connectivity index (χ4v) is 2.32. The summed E-state index contributed by atoms with van der Waals surface area (Å²) < 4.78 is 0. The molecule has 2 aromatic heterocycles. The Morgan fingerprint density at radius 1 is 1.44 bits per heavy atom. The van der Waals surface area contributed by atoms with Gasteiger partial charge in [0.2, 0.25) is 0 Å². The first-order valence-corrected chi connectivity index (χ1v) is 6.27. The number of nitrogens with one attached hydrogen (secondary N) is 2. The molecule has 0 aliphatic heterocycles. The maximum Gasteiger partial charge on any atom is 0.275 e. The predicted molar refractivity (Wildman–Crippen MR) is 70.9 cm³/mol. The lowest BCUT2D eigenvalue weighted by Crippen LogP contribution is -2.12. The molecule has 0 spiro atoms. The zero-order valence-electron chi connectivity index (χ0n) is 9.60. The minimum Gasteiger partial charge on any atom is -0.319 e. The molecule has 0 saturated carbocycles. The number of carbonyl (C=O) groups excluding carboxylic acids is 1. The fraction of sp³-hybridized carbons (Fsp3) is 0.0833. The van der Waals surface area contributed by atoms with Gasteiger partial charge in [-0.1, -0.05) is 12.1 Å². The second-order valence-corrected chi connectivity index (χ2v) is 4.91. The van der Waals surface area contributed by atoms with E-state index in [2.05, 4.69) is 20.5 Å². The molecule has 0 aliphatic carbocycles. The van der Waals surface area contributed by atoms with Crippen LogP contribution in [0.2, 0.25) is 0 Å². The quantitative estimate of drug-likeness (QED) is 0.742. The van der Waals surface area contributed by atoms with Crippen LogP contribution in [0.1, 0.15) is 15.5 Å². The van der Waals surface area contributed by atoms with Crippen LogP contribution in [0.4, 0.5) is 5.69 Å². The molecule has 1 amide bonds. The van der Waals surface area contributed by atoms with Crippen LogP contribution < -0.4 is 5.32 Å². The maximum absolute atomic E-state index is 12.0. The van der Waals surface area contributed by atoms with E-state index in [1.807, 2.05) is 25.1 Å². The average molecular weight is 258 g/mol. The lowest BCUT2D eigenvalue weighted by atomic mass is 10.2. The molecule has 0 atom stereocenters. The molecule has 3 rings (SSSR count). The van der Waals surface area contributed by atoms with Gasteiger partial charge in [-0.25, -0.2) is 4.98 Å². The molecule has 0 radical (unpaired) electrons. The number of aryl methyl sites for hydroxylation is 1. The highest BCUT2D eigenvalue weighted by Crippen LogP contribution is 2.21. The van der Waals surface area contributed by atoms with Gasteiger partial charge in [0.25, 0.3) is 5.91 Å². The number of thiazole rings is 1. The van der Waals surface area contributed by atoms with Crippen LogP contribution in [0.5, 0.6) is 0 Å². The average Bonchev–Trinajstić information content (AvgIpc) is 2.97. The van der Waals surface area contributed by atoms with Gasteiger partial charge >= 0.3 is 0 Å². The fourth-order valence-electron chi connectivity index (χ4n) is 1.73. The Labute approximate surface area is 107 Å². The highest BCUT2D eigenvalue weighted by atomic mass is 32.1. The number of rotatable bonds is 2. The first-order valence-electron chi connectivity index (χ1n) is 5.39. The standard InChI is InChI=1S/C12H10N4OS/c1-7-14-10(6-18-7)12(17)15-9-4-2-3-8-5-13-16-11(8)9/h2-6H,1H3,(H,13,16)(H,15,17). The summed E-state index contributed by atoms with van der Waals surface area (Å²) in [5, 5.41) is 13.2. The molecule has 0 bridgehead atoms. The van der Waals surface area contributed by atoms with Crippen molar-refractivity contribution in [1.29, 1.82) is 0 Å². The molecular weight excluding hydrogens is 248 g/mol. The summed E-state index contributed by atoms with van der Waals surface area (Å²) in [6.07, 6.45) is 1.72. The van der Waals surface area contributed by atoms with Crippen LogP contribution in [0.15, 0.2) is 29.8 Å². The number of hydrogen-bond donors (Lipinski definition) is 2. The van der Waals surface area contributed by atoms with Crippen LogP contribution in [0.25, 0.3) is 10.9 Å². The van der Waals surface area contributed by atoms with Gasteiger partial charge in [0.15, 0.2) is 0 Å². The molecule has 0 aliphatic rings. The number of anilines is 1. The normalized spacial score (nSPS) is 10.7. The molecule has 18 heavy (non-hydrogen) atoms. The highest BCUT2D eigenvalue weighted by molar-refractivity contribution is 7.09. The first-order chi connectivity index (χ1) is 8.74. The Bertz CT molecular complexity index is 716. The summed E-state index contributed by atoms with van der Waals surface area (Å²) in [6, 6.07) is 5.64. The van der Waals surface area contributed by atoms with Crippen molar-refractivity contribution in [3.63, 3.8) is 0 Å². The Hall–Kier alpha value is -2.21. The third-order valence-electron chi connectivity index (χ3n) is 2.58. The summed E-state index contributed by atoms with van der Waals surface area (Å²) in [5.41, 5.74) is 1.97. The Balaban J connectivity index is 1.92. The highest BCUT2D eigenvalue weighted by Gasteiger charge is 2.11. The third-order valence-corrected chi connectivity index (χ3v) is 3.35. The third kappa shape index (κ3) is 1.86. The van der Waals surface area contributed by atoms with Crippen LogP contribution in [-0.2, 0) is 0 Å². The van der Waals surface area contributed by atoms with Crippen molar-refractivity contribution >= 4 is 33.8 Å². The summed E-state index contributed by atoms with van der Waals surface area (Å²) >= 11 is 1.46. The number of aromatic nitrogens is 3. The molecule has 0 saturated heterocycles. The molecule has 2 heterocycles. The van der Waals surface area contributed by atoms with Gasteiger partial charge in [0.05, 0.1) is 22.4 Å². The number of carbonyl (C=O) groups is 1. The van der Waals surface area contributed by atoms with E-state index in [-0.39, 0.29) is 5.91 Å². The summed E-state index contributed by atoms with van der Waals surface area (Å²) in [5.74, 6) is -0.207. The van der Waals surface area contributed by atoms with Crippen molar-refractivity contribution in [2.45, 2.75) is 6.92 Å². The predicted octanol–water partition coefficient (Wildman–Crippen LogP) is 2.58. The molecule has 0 unspecified atom stereocenters. The number of H-pyrrole nitrogens is 1. The molecular formula is C12H10N4OS. The second kappa shape index (κ2) is 4.23. The van der Waals surface area contributed by atoms with Gasteiger partial charge in [0, 0.05) is 10.8 Å². The summed E-state index contributed by atoms with van der Waals surface area (Å²) in [6.45, 7) is 1.87. The van der Waals surface area contributed by atoms with Crippen molar-refractivity contribution in [2.75, 3.05) is 5.32 Å². The Morgan fingerprint density at radius 2 is 2.33 bits per heavy atom. The minimum atomic E-state index is -0.207. The molecule has 6 heteroatoms. The molecule has 3 aromatic rings. The maximum atomic E-state index is 12.0. The van der Waals surface area contributed by atoms with Gasteiger partial charge < -0.3 is 5.32 Å². The number of nitrogens with zero attached hydrogens (tertiary/aromatic N) is 2. The Morgan fingerprint density at radius 3 is 3.11 bits per heavy atom. The van der Waals surface area contributed by atoms with E-state index < -0.39 is 0 Å². The minimum absolute atomic E-state index is 0.207. The molecule has 2 N–H and O–H groups in total. The van der Waals surface area contributed by atoms with E-state index in [0.717, 1.165) is 15.9 Å². The summed E-state index contributed by atoms with van der Waals surface area (Å²) in [7, 11) is 0. The largest absolute Gasteiger partial charge is 0.319 e. The van der Waals surface area contributed by atoms with E-state index >= 15 is 0 Å². The lowest BCUT2D eigenvalue weighted by molar-refractivity contribution is 0.102. The van der Waals surface area contributed by atoms with Gasteiger partial charge in [-0.3, -0.25) is 9.89 Å². The molecule has 90 valence electrons. The smallest absolute Gasteiger partial charge is 0.275 e. The summed E-state index contributed by atoms with van der Waals surface area (Å²) in [4.78, 5) is 16.1. The van der Waals surface area contributed by atoms with E-state index in [4.69, 9.17) is 0 Å². The van der Waals surface area contributed by atoms with Crippen molar-refractivity contribution in [3.05, 3.63) is 40.5 Å². The van der Waals surface area contributed by atoms with E-state index in [1.54, 1.807) is 11.6 Å². The zero-order chi connectivity index (χ0) is 12.5. The SMILES string of the molecule is Cc1nc(C(=O)Nc2cccc3cn[nH]c23)cs1. The van der Waals surface area contributed by atoms with Gasteiger partial charge in [0.1, 0.15) is 5.69 Å². The number of hydrogen-bond acceptors (Lipinski definition) is 4.